The summed E-state index contributed by atoms with van der Waals surface area (Å²) in [5.74, 6) is -0.232. The zero-order valence-electron chi connectivity index (χ0n) is 21.2. The van der Waals surface area contributed by atoms with E-state index in [1.807, 2.05) is 52.0 Å². The van der Waals surface area contributed by atoms with Crippen LogP contribution >= 0.6 is 0 Å². The predicted octanol–water partition coefficient (Wildman–Crippen LogP) is 5.39. The Labute approximate surface area is 208 Å². The number of amides is 1. The van der Waals surface area contributed by atoms with E-state index < -0.39 is 22.5 Å². The third-order valence-corrected chi connectivity index (χ3v) is 8.02. The molecule has 0 aliphatic rings. The molecule has 6 nitrogen and oxygen atoms in total. The number of nitrogens with zero attached hydrogens (tertiary/aromatic N) is 2. The molecule has 0 atom stereocenters. The van der Waals surface area contributed by atoms with Gasteiger partial charge >= 0.3 is 0 Å². The average Bonchev–Trinajstić information content (AvgIpc) is 2.83. The molecule has 0 fully saturated rings. The second-order valence-corrected chi connectivity index (χ2v) is 10.9. The van der Waals surface area contributed by atoms with Crippen molar-refractivity contribution in [1.82, 2.24) is 5.43 Å². The molecule has 0 heterocycles. The Bertz CT molecular complexity index is 1330. The number of carbonyl (C=O) groups excluding carboxylic acids is 1. The lowest BCUT2D eigenvalue weighted by Gasteiger charge is -2.24. The maximum absolute atomic E-state index is 13.5. The van der Waals surface area contributed by atoms with Crippen LogP contribution in [0.2, 0.25) is 0 Å². The van der Waals surface area contributed by atoms with E-state index in [0.717, 1.165) is 26.6 Å². The molecular formula is C28H33N3O3S. The van der Waals surface area contributed by atoms with Crippen LogP contribution in [0, 0.1) is 27.7 Å². The summed E-state index contributed by atoms with van der Waals surface area (Å²) >= 11 is 0. The van der Waals surface area contributed by atoms with Crippen LogP contribution in [0.5, 0.6) is 0 Å². The van der Waals surface area contributed by atoms with Gasteiger partial charge in [-0.2, -0.15) is 5.10 Å². The Morgan fingerprint density at radius 2 is 1.54 bits per heavy atom. The van der Waals surface area contributed by atoms with Crippen LogP contribution in [0.3, 0.4) is 0 Å². The number of aryl methyl sites for hydroxylation is 2. The highest BCUT2D eigenvalue weighted by Crippen LogP contribution is 2.26. The van der Waals surface area contributed by atoms with Crippen molar-refractivity contribution in [1.29, 1.82) is 0 Å². The van der Waals surface area contributed by atoms with E-state index in [0.29, 0.717) is 11.6 Å². The number of hydrogen-bond donors (Lipinski definition) is 1. The zero-order chi connectivity index (χ0) is 25.8. The molecule has 0 bridgehead atoms. The van der Waals surface area contributed by atoms with Crippen LogP contribution in [0.15, 0.2) is 70.7 Å². The summed E-state index contributed by atoms with van der Waals surface area (Å²) in [5, 5.41) is 4.08. The Kier molecular flexibility index (Phi) is 8.12. The summed E-state index contributed by atoms with van der Waals surface area (Å²) in [6.45, 7) is 11.7. The van der Waals surface area contributed by atoms with E-state index in [9.17, 15) is 13.2 Å². The summed E-state index contributed by atoms with van der Waals surface area (Å²) in [7, 11) is -3.97. The van der Waals surface area contributed by atoms with E-state index in [-0.39, 0.29) is 4.90 Å². The van der Waals surface area contributed by atoms with Gasteiger partial charge in [0.05, 0.1) is 16.8 Å². The van der Waals surface area contributed by atoms with Crippen molar-refractivity contribution in [3.8, 4) is 0 Å². The third-order valence-electron chi connectivity index (χ3n) is 6.24. The zero-order valence-corrected chi connectivity index (χ0v) is 22.0. The average molecular weight is 492 g/mol. The number of sulfonamides is 1. The van der Waals surface area contributed by atoms with Crippen LogP contribution < -0.4 is 9.73 Å². The van der Waals surface area contributed by atoms with Gasteiger partial charge in [0, 0.05) is 0 Å². The van der Waals surface area contributed by atoms with Crippen LogP contribution in [0.4, 0.5) is 5.69 Å². The maximum atomic E-state index is 13.5. The van der Waals surface area contributed by atoms with Gasteiger partial charge in [-0.15, -0.1) is 0 Å². The lowest BCUT2D eigenvalue weighted by Crippen LogP contribution is -2.39. The first-order chi connectivity index (χ1) is 16.5. The van der Waals surface area contributed by atoms with Crippen molar-refractivity contribution in [2.45, 2.75) is 52.4 Å². The number of rotatable bonds is 8. The normalized spacial score (nSPS) is 11.7. The molecule has 184 valence electrons. The molecule has 0 aromatic heterocycles. The predicted molar refractivity (Wildman–Crippen MR) is 143 cm³/mol. The monoisotopic (exact) mass is 491 g/mol. The second-order valence-electron chi connectivity index (χ2n) is 9.09. The molecule has 0 spiro atoms. The molecule has 0 aliphatic carbocycles. The SMILES string of the molecule is Cc1ccc(S(=O)(=O)N(CC(=O)N/N=C\c2ccc(C)c(C)c2C)c2ccc(C(C)C)cc2)cc1. The van der Waals surface area contributed by atoms with Crippen molar-refractivity contribution < 1.29 is 13.2 Å². The van der Waals surface area contributed by atoms with Gasteiger partial charge in [0.1, 0.15) is 6.54 Å². The fourth-order valence-electron chi connectivity index (χ4n) is 3.63. The molecule has 0 saturated heterocycles. The van der Waals surface area contributed by atoms with E-state index in [1.54, 1.807) is 42.6 Å². The van der Waals surface area contributed by atoms with Crippen LogP contribution in [0.25, 0.3) is 0 Å². The number of hydrazone groups is 1. The van der Waals surface area contributed by atoms with Crippen LogP contribution in [-0.2, 0) is 14.8 Å². The third kappa shape index (κ3) is 6.17. The molecule has 1 amide bonds. The minimum Gasteiger partial charge on any atom is -0.271 e. The fraction of sp³-hybridized carbons (Fsp3) is 0.286. The molecule has 7 heteroatoms. The van der Waals surface area contributed by atoms with Gasteiger partial charge in [0.25, 0.3) is 15.9 Å². The summed E-state index contributed by atoms with van der Waals surface area (Å²) in [6, 6.07) is 17.8. The highest BCUT2D eigenvalue weighted by atomic mass is 32.2. The van der Waals surface area contributed by atoms with E-state index in [2.05, 4.69) is 24.4 Å². The molecule has 35 heavy (non-hydrogen) atoms. The van der Waals surface area contributed by atoms with Gasteiger partial charge in [-0.1, -0.05) is 55.8 Å². The number of carbonyl (C=O) groups is 1. The number of hydrogen-bond acceptors (Lipinski definition) is 4. The highest BCUT2D eigenvalue weighted by Gasteiger charge is 2.27. The summed E-state index contributed by atoms with van der Waals surface area (Å²) in [4.78, 5) is 12.9. The van der Waals surface area contributed by atoms with E-state index in [4.69, 9.17) is 0 Å². The molecule has 0 unspecified atom stereocenters. The van der Waals surface area contributed by atoms with Crippen molar-refractivity contribution in [3.63, 3.8) is 0 Å². The maximum Gasteiger partial charge on any atom is 0.264 e. The molecule has 3 aromatic rings. The quantitative estimate of drug-likeness (QED) is 0.339. The fourth-order valence-corrected chi connectivity index (χ4v) is 5.06. The number of benzene rings is 3. The Balaban J connectivity index is 1.87. The molecule has 3 aromatic carbocycles. The summed E-state index contributed by atoms with van der Waals surface area (Å²) in [6.07, 6.45) is 1.58. The molecule has 1 N–H and O–H groups in total. The summed E-state index contributed by atoms with van der Waals surface area (Å²) < 4.78 is 28.1. The minimum atomic E-state index is -3.97. The Morgan fingerprint density at radius 1 is 0.914 bits per heavy atom. The minimum absolute atomic E-state index is 0.123. The molecule has 0 radical (unpaired) electrons. The highest BCUT2D eigenvalue weighted by molar-refractivity contribution is 7.92. The van der Waals surface area contributed by atoms with Crippen LogP contribution in [-0.4, -0.2) is 27.1 Å². The molecule has 3 rings (SSSR count). The van der Waals surface area contributed by atoms with Crippen molar-refractivity contribution in [3.05, 3.63) is 94.0 Å². The standard InChI is InChI=1S/C28H33N3O3S/c1-19(2)24-11-13-26(14-12-24)31(35(33,34)27-15-7-20(3)8-16-27)18-28(32)30-29-17-25-10-9-21(4)22(5)23(25)6/h7-17,19H,18H2,1-6H3,(H,30,32)/b29-17-. The first-order valence-electron chi connectivity index (χ1n) is 11.6. The first kappa shape index (κ1) is 26.2. The molecule has 0 aliphatic heterocycles. The molecular weight excluding hydrogens is 458 g/mol. The van der Waals surface area contributed by atoms with Gasteiger partial charge in [0.2, 0.25) is 0 Å². The number of anilines is 1. The van der Waals surface area contributed by atoms with Crippen molar-refractivity contribution in [2.75, 3.05) is 10.8 Å². The van der Waals surface area contributed by atoms with Gasteiger partial charge < -0.3 is 0 Å². The smallest absolute Gasteiger partial charge is 0.264 e. The van der Waals surface area contributed by atoms with Gasteiger partial charge in [0.15, 0.2) is 0 Å². The lowest BCUT2D eigenvalue weighted by molar-refractivity contribution is -0.119. The van der Waals surface area contributed by atoms with Gasteiger partial charge in [-0.05, 0) is 85.7 Å². The number of nitrogens with one attached hydrogen (secondary N) is 1. The summed E-state index contributed by atoms with van der Waals surface area (Å²) in [5.41, 5.74) is 9.25. The van der Waals surface area contributed by atoms with Crippen LogP contribution in [0.1, 0.15) is 53.1 Å². The van der Waals surface area contributed by atoms with Gasteiger partial charge in [-0.3, -0.25) is 9.10 Å². The van der Waals surface area contributed by atoms with Crippen molar-refractivity contribution in [2.24, 2.45) is 5.10 Å². The molecule has 0 saturated carbocycles. The van der Waals surface area contributed by atoms with Crippen molar-refractivity contribution >= 4 is 27.8 Å². The second kappa shape index (κ2) is 10.9. The van der Waals surface area contributed by atoms with Gasteiger partial charge in [-0.25, -0.2) is 13.8 Å². The Hall–Kier alpha value is -3.45. The van der Waals surface area contributed by atoms with E-state index in [1.165, 1.54) is 11.1 Å². The topological polar surface area (TPSA) is 78.8 Å². The Morgan fingerprint density at radius 3 is 2.14 bits per heavy atom. The first-order valence-corrected chi connectivity index (χ1v) is 13.0. The lowest BCUT2D eigenvalue weighted by atomic mass is 10.00. The largest absolute Gasteiger partial charge is 0.271 e. The van der Waals surface area contributed by atoms with E-state index >= 15 is 0 Å².